The van der Waals surface area contributed by atoms with E-state index >= 15 is 0 Å². The molecule has 1 aromatic heterocycles. The summed E-state index contributed by atoms with van der Waals surface area (Å²) in [5, 5.41) is 3.42. The number of carbonyl (C=O) groups excluding carboxylic acids is 1. The van der Waals surface area contributed by atoms with Gasteiger partial charge in [0.25, 0.3) is 0 Å². The Morgan fingerprint density at radius 1 is 0.947 bits per heavy atom. The highest BCUT2D eigenvalue weighted by Crippen LogP contribution is 2.37. The number of aryl methyl sites for hydroxylation is 1. The largest absolute Gasteiger partial charge is 0.416 e. The van der Waals surface area contributed by atoms with Crippen LogP contribution in [0.25, 0.3) is 10.9 Å². The second-order valence-electron chi connectivity index (χ2n) is 9.87. The summed E-state index contributed by atoms with van der Waals surface area (Å²) in [6, 6.07) is 8.64. The third-order valence-electron chi connectivity index (χ3n) is 7.32. The number of benzene rings is 2. The lowest BCUT2D eigenvalue weighted by Crippen LogP contribution is -2.64. The molecule has 0 bridgehead atoms. The number of nitrogens with zero attached hydrogens (tertiary/aromatic N) is 3. The third-order valence-corrected chi connectivity index (χ3v) is 7.32. The van der Waals surface area contributed by atoms with E-state index in [1.54, 1.807) is 0 Å². The number of urea groups is 1. The normalized spacial score (nSPS) is 18.1. The van der Waals surface area contributed by atoms with Gasteiger partial charge in [0.15, 0.2) is 0 Å². The molecular weight excluding hydrogens is 512 g/mol. The molecule has 2 N–H and O–H groups in total. The number of carbonyl (C=O) groups is 1. The molecule has 0 radical (unpaired) electrons. The first-order chi connectivity index (χ1) is 17.9. The predicted molar refractivity (Wildman–Crippen MR) is 131 cm³/mol. The van der Waals surface area contributed by atoms with Crippen molar-refractivity contribution in [1.82, 2.24) is 19.7 Å². The summed E-state index contributed by atoms with van der Waals surface area (Å²) in [5.41, 5.74) is 0.0730. The zero-order valence-corrected chi connectivity index (χ0v) is 20.6. The fraction of sp³-hybridized carbons (Fsp3) is 0.423. The van der Waals surface area contributed by atoms with E-state index in [9.17, 15) is 31.1 Å². The number of para-hydroxylation sites is 1. The van der Waals surface area contributed by atoms with E-state index in [2.05, 4.69) is 39.2 Å². The molecule has 0 atom stereocenters. The summed E-state index contributed by atoms with van der Waals surface area (Å²) in [7, 11) is 0. The summed E-state index contributed by atoms with van der Waals surface area (Å²) in [5.74, 6) is 0. The molecule has 2 amide bonds. The van der Waals surface area contributed by atoms with Gasteiger partial charge in [0.1, 0.15) is 0 Å². The Bertz CT molecular complexity index is 1290. The summed E-state index contributed by atoms with van der Waals surface area (Å²) < 4.78 is 78.5. The van der Waals surface area contributed by atoms with Crippen LogP contribution in [0.3, 0.4) is 0 Å². The molecule has 2 aliphatic rings. The average molecular weight is 540 g/mol. The maximum absolute atomic E-state index is 13.1. The van der Waals surface area contributed by atoms with E-state index in [-0.39, 0.29) is 12.1 Å². The summed E-state index contributed by atoms with van der Waals surface area (Å²) in [4.78, 5) is 22.0. The monoisotopic (exact) mass is 539 g/mol. The Labute approximate surface area is 215 Å². The smallest absolute Gasteiger partial charge is 0.358 e. The van der Waals surface area contributed by atoms with E-state index in [0.29, 0.717) is 25.2 Å². The molecule has 3 heterocycles. The number of piperazine rings is 1. The standard InChI is InChI=1S/C26H27F6N5O/c1-16-22(21-4-2-3-5-23(21)33-16)15-35-6-8-36(9-7-35)20-13-37(14-20)24(38)34-19-11-17(25(27,28)29)10-18(12-19)26(30,31)32/h2-5,10-12,20,33H,6-9,13-15H2,1H3,(H,34,38). The number of alkyl halides is 6. The van der Waals surface area contributed by atoms with E-state index in [1.807, 2.05) is 12.1 Å². The van der Waals surface area contributed by atoms with Gasteiger partial charge in [-0.3, -0.25) is 9.80 Å². The maximum atomic E-state index is 13.1. The molecule has 2 saturated heterocycles. The van der Waals surface area contributed by atoms with E-state index in [0.717, 1.165) is 43.9 Å². The van der Waals surface area contributed by atoms with Crippen LogP contribution < -0.4 is 5.32 Å². The van der Waals surface area contributed by atoms with Gasteiger partial charge in [-0.2, -0.15) is 26.3 Å². The lowest BCUT2D eigenvalue weighted by molar-refractivity contribution is -0.143. The number of halogens is 6. The highest BCUT2D eigenvalue weighted by molar-refractivity contribution is 5.90. The van der Waals surface area contributed by atoms with Crippen molar-refractivity contribution < 1.29 is 31.1 Å². The van der Waals surface area contributed by atoms with Crippen molar-refractivity contribution in [3.8, 4) is 0 Å². The highest BCUT2D eigenvalue weighted by Gasteiger charge is 2.39. The van der Waals surface area contributed by atoms with Gasteiger partial charge in [0, 0.05) is 74.1 Å². The second-order valence-corrected chi connectivity index (χ2v) is 9.87. The first kappa shape index (κ1) is 26.4. The molecule has 38 heavy (non-hydrogen) atoms. The van der Waals surface area contributed by atoms with Crippen molar-refractivity contribution >= 4 is 22.6 Å². The van der Waals surface area contributed by atoms with Crippen LogP contribution in [0.4, 0.5) is 36.8 Å². The van der Waals surface area contributed by atoms with Crippen molar-refractivity contribution in [2.75, 3.05) is 44.6 Å². The summed E-state index contributed by atoms with van der Waals surface area (Å²) >= 11 is 0. The topological polar surface area (TPSA) is 54.6 Å². The third kappa shape index (κ3) is 5.46. The van der Waals surface area contributed by atoms with Crippen molar-refractivity contribution in [3.63, 3.8) is 0 Å². The number of anilines is 1. The number of amides is 2. The van der Waals surface area contributed by atoms with Gasteiger partial charge in [-0.15, -0.1) is 0 Å². The van der Waals surface area contributed by atoms with Crippen LogP contribution in [-0.4, -0.2) is 71.0 Å². The highest BCUT2D eigenvalue weighted by atomic mass is 19.4. The summed E-state index contributed by atoms with van der Waals surface area (Å²) in [6.45, 7) is 6.95. The molecule has 204 valence electrons. The molecule has 2 fully saturated rings. The van der Waals surface area contributed by atoms with E-state index in [4.69, 9.17) is 0 Å². The fourth-order valence-electron chi connectivity index (χ4n) is 5.13. The zero-order valence-electron chi connectivity index (χ0n) is 20.6. The molecule has 0 saturated carbocycles. The number of aromatic amines is 1. The molecular formula is C26H27F6N5O. The lowest BCUT2D eigenvalue weighted by Gasteiger charge is -2.48. The minimum atomic E-state index is -4.97. The summed E-state index contributed by atoms with van der Waals surface area (Å²) in [6.07, 6.45) is -9.95. The molecule has 6 nitrogen and oxygen atoms in total. The van der Waals surface area contributed by atoms with Crippen LogP contribution in [0.1, 0.15) is 22.4 Å². The average Bonchev–Trinajstić information content (AvgIpc) is 3.13. The minimum absolute atomic E-state index is 0.0365. The minimum Gasteiger partial charge on any atom is -0.358 e. The second kappa shape index (κ2) is 9.81. The Hall–Kier alpha value is -3.25. The van der Waals surface area contributed by atoms with Crippen molar-refractivity contribution in [2.24, 2.45) is 0 Å². The van der Waals surface area contributed by atoms with Crippen molar-refractivity contribution in [3.05, 3.63) is 64.8 Å². The molecule has 0 unspecified atom stereocenters. The Morgan fingerprint density at radius 3 is 2.16 bits per heavy atom. The molecule has 0 spiro atoms. The SMILES string of the molecule is Cc1[nH]c2ccccc2c1CN1CCN(C2CN(C(=O)Nc3cc(C(F)(F)F)cc(C(F)(F)F)c3)C2)CC1. The molecule has 12 heteroatoms. The first-order valence-electron chi connectivity index (χ1n) is 12.3. The maximum Gasteiger partial charge on any atom is 0.416 e. The van der Waals surface area contributed by atoms with Gasteiger partial charge in [0.05, 0.1) is 11.1 Å². The number of hydrogen-bond donors (Lipinski definition) is 2. The van der Waals surface area contributed by atoms with Gasteiger partial charge in [-0.1, -0.05) is 18.2 Å². The van der Waals surface area contributed by atoms with Gasteiger partial charge >= 0.3 is 18.4 Å². The molecule has 2 aromatic carbocycles. The number of likely N-dealkylation sites (tertiary alicyclic amines) is 1. The van der Waals surface area contributed by atoms with E-state index in [1.165, 1.54) is 15.8 Å². The molecule has 5 rings (SSSR count). The Balaban J connectivity index is 1.14. The lowest BCUT2D eigenvalue weighted by atomic mass is 10.1. The number of aromatic nitrogens is 1. The molecule has 0 aliphatic carbocycles. The number of hydrogen-bond acceptors (Lipinski definition) is 3. The van der Waals surface area contributed by atoms with Crippen molar-refractivity contribution in [2.45, 2.75) is 31.9 Å². The van der Waals surface area contributed by atoms with Crippen molar-refractivity contribution in [1.29, 1.82) is 0 Å². The predicted octanol–water partition coefficient (Wildman–Crippen LogP) is 5.55. The van der Waals surface area contributed by atoms with Crippen LogP contribution in [0.5, 0.6) is 0 Å². The quantitative estimate of drug-likeness (QED) is 0.428. The molecule has 3 aromatic rings. The van der Waals surface area contributed by atoms with Gasteiger partial charge in [0.2, 0.25) is 0 Å². The van der Waals surface area contributed by atoms with Crippen LogP contribution in [-0.2, 0) is 18.9 Å². The number of rotatable bonds is 4. The van der Waals surface area contributed by atoms with Gasteiger partial charge in [-0.25, -0.2) is 4.79 Å². The van der Waals surface area contributed by atoms with Crippen LogP contribution in [0, 0.1) is 6.92 Å². The fourth-order valence-corrected chi connectivity index (χ4v) is 5.13. The van der Waals surface area contributed by atoms with E-state index < -0.39 is 35.2 Å². The van der Waals surface area contributed by atoms with Gasteiger partial charge < -0.3 is 15.2 Å². The Morgan fingerprint density at radius 2 is 1.55 bits per heavy atom. The molecule has 2 aliphatic heterocycles. The van der Waals surface area contributed by atoms with Crippen LogP contribution >= 0.6 is 0 Å². The number of fused-ring (bicyclic) bond motifs is 1. The zero-order chi connectivity index (χ0) is 27.2. The number of H-pyrrole nitrogens is 1. The van der Waals surface area contributed by atoms with Crippen LogP contribution in [0.2, 0.25) is 0 Å². The van der Waals surface area contributed by atoms with Crippen LogP contribution in [0.15, 0.2) is 42.5 Å². The Kier molecular flexibility index (Phi) is 6.80. The van der Waals surface area contributed by atoms with Gasteiger partial charge in [-0.05, 0) is 36.8 Å². The number of nitrogens with one attached hydrogen (secondary N) is 2. The first-order valence-corrected chi connectivity index (χ1v) is 12.3.